The van der Waals surface area contributed by atoms with Crippen molar-refractivity contribution in [2.45, 2.75) is 32.7 Å². The van der Waals surface area contributed by atoms with Crippen LogP contribution in [0.25, 0.3) is 0 Å². The monoisotopic (exact) mass is 221 g/mol. The van der Waals surface area contributed by atoms with E-state index in [0.29, 0.717) is 5.75 Å². The first-order valence-corrected chi connectivity index (χ1v) is 5.48. The molecule has 16 heavy (non-hydrogen) atoms. The quantitative estimate of drug-likeness (QED) is 0.783. The number of hydrogen-bond donors (Lipinski definition) is 0. The van der Waals surface area contributed by atoms with E-state index in [9.17, 15) is 4.79 Å². The maximum absolute atomic E-state index is 11.8. The summed E-state index contributed by atoms with van der Waals surface area (Å²) >= 11 is 0. The van der Waals surface area contributed by atoms with Gasteiger partial charge in [0.25, 0.3) is 0 Å². The second kappa shape index (κ2) is 5.01. The molecule has 0 aliphatic heterocycles. The van der Waals surface area contributed by atoms with Crippen LogP contribution in [0.4, 0.5) is 4.79 Å². The fourth-order valence-electron chi connectivity index (χ4n) is 1.14. The molecule has 1 aromatic rings. The maximum atomic E-state index is 11.8. The Balaban J connectivity index is 2.66. The minimum Gasteiger partial charge on any atom is -0.410 e. The van der Waals surface area contributed by atoms with Crippen LogP contribution in [0.1, 0.15) is 27.2 Å². The molecule has 0 bridgehead atoms. The van der Waals surface area contributed by atoms with Crippen LogP contribution in [0.5, 0.6) is 5.75 Å². The average Bonchev–Trinajstić information content (AvgIpc) is 2.29. The van der Waals surface area contributed by atoms with E-state index in [-0.39, 0.29) is 11.6 Å². The van der Waals surface area contributed by atoms with Crippen molar-refractivity contribution in [1.82, 2.24) is 4.90 Å². The Morgan fingerprint density at radius 2 is 1.88 bits per heavy atom. The number of para-hydroxylation sites is 1. The minimum atomic E-state index is -0.321. The lowest BCUT2D eigenvalue weighted by Crippen LogP contribution is -2.45. The van der Waals surface area contributed by atoms with Gasteiger partial charge in [-0.2, -0.15) is 0 Å². The second-order valence-corrected chi connectivity index (χ2v) is 4.41. The van der Waals surface area contributed by atoms with Crippen LogP contribution in [0.3, 0.4) is 0 Å². The first-order chi connectivity index (χ1) is 7.47. The summed E-state index contributed by atoms with van der Waals surface area (Å²) in [5.74, 6) is 0.575. The van der Waals surface area contributed by atoms with Gasteiger partial charge in [0.1, 0.15) is 5.75 Å². The van der Waals surface area contributed by atoms with Crippen molar-refractivity contribution >= 4 is 6.09 Å². The summed E-state index contributed by atoms with van der Waals surface area (Å²) in [7, 11) is 1.76. The predicted octanol–water partition coefficient (Wildman–Crippen LogP) is 3.31. The largest absolute Gasteiger partial charge is 0.415 e. The molecule has 0 heterocycles. The Kier molecular flexibility index (Phi) is 3.93. The summed E-state index contributed by atoms with van der Waals surface area (Å²) in [5, 5.41) is 0. The van der Waals surface area contributed by atoms with Gasteiger partial charge in [0.2, 0.25) is 0 Å². The van der Waals surface area contributed by atoms with Gasteiger partial charge in [-0.1, -0.05) is 25.1 Å². The third kappa shape index (κ3) is 2.99. The molecule has 0 aliphatic carbocycles. The number of amides is 1. The molecule has 0 spiro atoms. The van der Waals surface area contributed by atoms with Crippen molar-refractivity contribution in [1.29, 1.82) is 0 Å². The van der Waals surface area contributed by atoms with Crippen molar-refractivity contribution in [3.63, 3.8) is 0 Å². The highest BCUT2D eigenvalue weighted by Gasteiger charge is 2.26. The van der Waals surface area contributed by atoms with Crippen molar-refractivity contribution in [3.8, 4) is 5.75 Å². The molecule has 1 amide bonds. The minimum absolute atomic E-state index is 0.189. The Morgan fingerprint density at radius 1 is 1.31 bits per heavy atom. The van der Waals surface area contributed by atoms with Crippen LogP contribution < -0.4 is 4.74 Å². The van der Waals surface area contributed by atoms with Crippen LogP contribution >= 0.6 is 0 Å². The Labute approximate surface area is 97.0 Å². The average molecular weight is 221 g/mol. The Hall–Kier alpha value is -1.51. The standard InChI is InChI=1S/C13H19NO2/c1-5-13(2,3)14(4)12(15)16-11-9-7-6-8-10-11/h6-10H,5H2,1-4H3. The fourth-order valence-corrected chi connectivity index (χ4v) is 1.14. The number of rotatable bonds is 3. The first-order valence-electron chi connectivity index (χ1n) is 5.48. The van der Waals surface area contributed by atoms with Gasteiger partial charge in [-0.3, -0.25) is 0 Å². The Bertz CT molecular complexity index is 346. The zero-order chi connectivity index (χ0) is 12.2. The van der Waals surface area contributed by atoms with E-state index in [4.69, 9.17) is 4.74 Å². The smallest absolute Gasteiger partial charge is 0.410 e. The maximum Gasteiger partial charge on any atom is 0.415 e. The molecule has 3 heteroatoms. The molecule has 1 rings (SSSR count). The van der Waals surface area contributed by atoms with Crippen molar-refractivity contribution in [2.75, 3.05) is 7.05 Å². The van der Waals surface area contributed by atoms with Crippen LogP contribution in [-0.2, 0) is 0 Å². The summed E-state index contributed by atoms with van der Waals surface area (Å²) in [4.78, 5) is 13.4. The fraction of sp³-hybridized carbons (Fsp3) is 0.462. The lowest BCUT2D eigenvalue weighted by Gasteiger charge is -2.33. The van der Waals surface area contributed by atoms with Gasteiger partial charge in [-0.15, -0.1) is 0 Å². The lowest BCUT2D eigenvalue weighted by molar-refractivity contribution is 0.114. The molecule has 3 nitrogen and oxygen atoms in total. The van der Waals surface area contributed by atoms with E-state index >= 15 is 0 Å². The first kappa shape index (κ1) is 12.6. The van der Waals surface area contributed by atoms with Gasteiger partial charge >= 0.3 is 6.09 Å². The summed E-state index contributed by atoms with van der Waals surface area (Å²) < 4.78 is 5.25. The topological polar surface area (TPSA) is 29.5 Å². The number of carbonyl (C=O) groups is 1. The second-order valence-electron chi connectivity index (χ2n) is 4.41. The molecule has 0 unspecified atom stereocenters. The lowest BCUT2D eigenvalue weighted by atomic mass is 10.0. The van der Waals surface area contributed by atoms with Crippen molar-refractivity contribution in [3.05, 3.63) is 30.3 Å². The molecule has 0 aromatic heterocycles. The van der Waals surface area contributed by atoms with E-state index in [1.807, 2.05) is 39.0 Å². The van der Waals surface area contributed by atoms with Gasteiger partial charge in [-0.25, -0.2) is 4.79 Å². The SMILES string of the molecule is CCC(C)(C)N(C)C(=O)Oc1ccccc1. The molecule has 1 aromatic carbocycles. The zero-order valence-electron chi connectivity index (χ0n) is 10.4. The van der Waals surface area contributed by atoms with Gasteiger partial charge in [0.15, 0.2) is 0 Å². The van der Waals surface area contributed by atoms with Crippen LogP contribution in [0.2, 0.25) is 0 Å². The van der Waals surface area contributed by atoms with Gasteiger partial charge in [0.05, 0.1) is 0 Å². The van der Waals surface area contributed by atoms with E-state index in [1.165, 1.54) is 0 Å². The third-order valence-electron chi connectivity index (χ3n) is 3.00. The molecule has 0 aliphatic rings. The molecule has 0 fully saturated rings. The highest BCUT2D eigenvalue weighted by molar-refractivity contribution is 5.71. The number of carbonyl (C=O) groups excluding carboxylic acids is 1. The van der Waals surface area contributed by atoms with Crippen LogP contribution in [0, 0.1) is 0 Å². The summed E-state index contributed by atoms with van der Waals surface area (Å²) in [6, 6.07) is 9.10. The summed E-state index contributed by atoms with van der Waals surface area (Å²) in [5.41, 5.74) is -0.189. The zero-order valence-corrected chi connectivity index (χ0v) is 10.4. The molecule has 0 saturated carbocycles. The van der Waals surface area contributed by atoms with E-state index in [1.54, 1.807) is 24.1 Å². The van der Waals surface area contributed by atoms with Gasteiger partial charge in [-0.05, 0) is 32.4 Å². The highest BCUT2D eigenvalue weighted by Crippen LogP contribution is 2.18. The van der Waals surface area contributed by atoms with Gasteiger partial charge in [0, 0.05) is 12.6 Å². The van der Waals surface area contributed by atoms with Crippen molar-refractivity contribution < 1.29 is 9.53 Å². The molecule has 0 radical (unpaired) electrons. The predicted molar refractivity (Wildman–Crippen MR) is 64.6 cm³/mol. The normalized spacial score (nSPS) is 11.0. The molecular weight excluding hydrogens is 202 g/mol. The number of benzene rings is 1. The van der Waals surface area contributed by atoms with Crippen molar-refractivity contribution in [2.24, 2.45) is 0 Å². The molecule has 0 atom stereocenters. The Morgan fingerprint density at radius 3 is 2.38 bits per heavy atom. The molecule has 0 N–H and O–H groups in total. The van der Waals surface area contributed by atoms with E-state index in [0.717, 1.165) is 6.42 Å². The molecule has 0 saturated heterocycles. The molecular formula is C13H19NO2. The highest BCUT2D eigenvalue weighted by atomic mass is 16.6. The third-order valence-corrected chi connectivity index (χ3v) is 3.00. The van der Waals surface area contributed by atoms with Crippen LogP contribution in [0.15, 0.2) is 30.3 Å². The van der Waals surface area contributed by atoms with Gasteiger partial charge < -0.3 is 9.64 Å². The van der Waals surface area contributed by atoms with E-state index in [2.05, 4.69) is 0 Å². The summed E-state index contributed by atoms with van der Waals surface area (Å²) in [6.45, 7) is 6.07. The van der Waals surface area contributed by atoms with E-state index < -0.39 is 0 Å². The number of nitrogens with zero attached hydrogens (tertiary/aromatic N) is 1. The summed E-state index contributed by atoms with van der Waals surface area (Å²) in [6.07, 6.45) is 0.561. The number of hydrogen-bond acceptors (Lipinski definition) is 2. The molecule has 88 valence electrons. The van der Waals surface area contributed by atoms with Crippen LogP contribution in [-0.4, -0.2) is 23.6 Å². The number of ether oxygens (including phenoxy) is 1.